The van der Waals surface area contributed by atoms with E-state index in [4.69, 9.17) is 5.84 Å². The summed E-state index contributed by atoms with van der Waals surface area (Å²) < 4.78 is 0. The van der Waals surface area contributed by atoms with Crippen LogP contribution >= 0.6 is 0 Å². The van der Waals surface area contributed by atoms with E-state index in [9.17, 15) is 0 Å². The van der Waals surface area contributed by atoms with Crippen molar-refractivity contribution in [2.45, 2.75) is 26.7 Å². The van der Waals surface area contributed by atoms with Crippen LogP contribution in [0.25, 0.3) is 11.0 Å². The molecule has 4 N–H and O–H groups in total. The Kier molecular flexibility index (Phi) is 3.93. The fourth-order valence-electron chi connectivity index (χ4n) is 1.89. The standard InChI is InChI=1S/C11H19N7/c1-3-5-6-18(4-2)10-8-7-13-17-9(8)14-11(15-10)16-12/h7H,3-6,12H2,1-2H3,(H2,13,14,15,16,17). The fraction of sp³-hybridized carbons (Fsp3) is 0.545. The number of anilines is 2. The van der Waals surface area contributed by atoms with Crippen LogP contribution in [0, 0.1) is 0 Å². The molecule has 2 rings (SSSR count). The van der Waals surface area contributed by atoms with Crippen molar-refractivity contribution in [2.24, 2.45) is 5.84 Å². The molecule has 7 heteroatoms. The highest BCUT2D eigenvalue weighted by Crippen LogP contribution is 2.23. The number of aromatic amines is 1. The van der Waals surface area contributed by atoms with Gasteiger partial charge in [0.15, 0.2) is 5.65 Å². The van der Waals surface area contributed by atoms with Crippen LogP contribution in [0.1, 0.15) is 26.7 Å². The summed E-state index contributed by atoms with van der Waals surface area (Å²) >= 11 is 0. The van der Waals surface area contributed by atoms with E-state index in [1.807, 2.05) is 0 Å². The van der Waals surface area contributed by atoms with Gasteiger partial charge >= 0.3 is 0 Å². The first-order chi connectivity index (χ1) is 8.80. The Morgan fingerprint density at radius 2 is 2.22 bits per heavy atom. The van der Waals surface area contributed by atoms with Gasteiger partial charge in [-0.15, -0.1) is 0 Å². The van der Waals surface area contributed by atoms with Gasteiger partial charge in [0.05, 0.1) is 11.6 Å². The van der Waals surface area contributed by atoms with Crippen LogP contribution in [0.2, 0.25) is 0 Å². The van der Waals surface area contributed by atoms with Gasteiger partial charge in [0.1, 0.15) is 5.82 Å². The molecule has 0 spiro atoms. The van der Waals surface area contributed by atoms with Gasteiger partial charge in [-0.05, 0) is 13.3 Å². The van der Waals surface area contributed by atoms with Crippen molar-refractivity contribution in [2.75, 3.05) is 23.4 Å². The van der Waals surface area contributed by atoms with Crippen molar-refractivity contribution in [1.29, 1.82) is 0 Å². The summed E-state index contributed by atoms with van der Waals surface area (Å²) in [6, 6.07) is 0. The topological polar surface area (TPSA) is 95.8 Å². The molecule has 0 bridgehead atoms. The van der Waals surface area contributed by atoms with E-state index in [1.165, 1.54) is 0 Å². The maximum atomic E-state index is 5.39. The highest BCUT2D eigenvalue weighted by molar-refractivity contribution is 5.87. The highest BCUT2D eigenvalue weighted by Gasteiger charge is 2.14. The molecule has 0 aromatic carbocycles. The normalized spacial score (nSPS) is 10.8. The van der Waals surface area contributed by atoms with Gasteiger partial charge < -0.3 is 4.90 Å². The second-order valence-corrected chi connectivity index (χ2v) is 4.08. The first kappa shape index (κ1) is 12.6. The Balaban J connectivity index is 2.42. The average molecular weight is 249 g/mol. The van der Waals surface area contributed by atoms with Gasteiger partial charge in [-0.3, -0.25) is 10.5 Å². The number of hydrazine groups is 1. The molecule has 18 heavy (non-hydrogen) atoms. The number of nitrogens with one attached hydrogen (secondary N) is 2. The lowest BCUT2D eigenvalue weighted by Crippen LogP contribution is -2.26. The second-order valence-electron chi connectivity index (χ2n) is 4.08. The number of nitrogens with two attached hydrogens (primary N) is 1. The van der Waals surface area contributed by atoms with Crippen molar-refractivity contribution in [3.05, 3.63) is 6.20 Å². The number of nitrogen functional groups attached to an aromatic ring is 1. The molecule has 0 radical (unpaired) electrons. The first-order valence-corrected chi connectivity index (χ1v) is 6.22. The molecule has 0 amide bonds. The van der Waals surface area contributed by atoms with Crippen LogP contribution in [-0.4, -0.2) is 33.3 Å². The number of H-pyrrole nitrogens is 1. The van der Waals surface area contributed by atoms with Gasteiger partial charge in [0.25, 0.3) is 0 Å². The molecule has 0 fully saturated rings. The zero-order chi connectivity index (χ0) is 13.0. The van der Waals surface area contributed by atoms with Crippen LogP contribution in [0.5, 0.6) is 0 Å². The number of nitrogens with zero attached hydrogens (tertiary/aromatic N) is 4. The van der Waals surface area contributed by atoms with Gasteiger partial charge in [-0.25, -0.2) is 5.84 Å². The van der Waals surface area contributed by atoms with Gasteiger partial charge in [0.2, 0.25) is 5.95 Å². The third kappa shape index (κ3) is 2.35. The quantitative estimate of drug-likeness (QED) is 0.527. The lowest BCUT2D eigenvalue weighted by molar-refractivity contribution is 0.726. The number of fused-ring (bicyclic) bond motifs is 1. The number of unbranched alkanes of at least 4 members (excludes halogenated alkanes) is 1. The Morgan fingerprint density at radius 3 is 2.89 bits per heavy atom. The third-order valence-electron chi connectivity index (χ3n) is 2.88. The van der Waals surface area contributed by atoms with Gasteiger partial charge in [0, 0.05) is 13.1 Å². The molecule has 0 saturated carbocycles. The van der Waals surface area contributed by atoms with Crippen LogP contribution in [0.3, 0.4) is 0 Å². The molecule has 0 unspecified atom stereocenters. The Hall–Kier alpha value is -1.89. The fourth-order valence-corrected chi connectivity index (χ4v) is 1.89. The predicted octanol–water partition coefficient (Wildman–Crippen LogP) is 1.26. The predicted molar refractivity (Wildman–Crippen MR) is 72.3 cm³/mol. The summed E-state index contributed by atoms with van der Waals surface area (Å²) in [7, 11) is 0. The Bertz CT molecular complexity index is 507. The van der Waals surface area contributed by atoms with Crippen molar-refractivity contribution >= 4 is 22.8 Å². The van der Waals surface area contributed by atoms with Crippen molar-refractivity contribution in [3.63, 3.8) is 0 Å². The maximum Gasteiger partial charge on any atom is 0.241 e. The molecule has 0 aliphatic carbocycles. The van der Waals surface area contributed by atoms with E-state index in [-0.39, 0.29) is 0 Å². The Labute approximate surface area is 106 Å². The molecular formula is C11H19N7. The summed E-state index contributed by atoms with van der Waals surface area (Å²) in [5, 5.41) is 7.78. The maximum absolute atomic E-state index is 5.39. The minimum atomic E-state index is 0.400. The highest BCUT2D eigenvalue weighted by atomic mass is 15.3. The van der Waals surface area contributed by atoms with E-state index in [0.717, 1.165) is 37.1 Å². The number of hydrogen-bond donors (Lipinski definition) is 3. The van der Waals surface area contributed by atoms with Crippen LogP contribution in [0.4, 0.5) is 11.8 Å². The molecule has 7 nitrogen and oxygen atoms in total. The molecule has 98 valence electrons. The van der Waals surface area contributed by atoms with Gasteiger partial charge in [-0.2, -0.15) is 15.1 Å². The van der Waals surface area contributed by atoms with E-state index < -0.39 is 0 Å². The van der Waals surface area contributed by atoms with Crippen molar-refractivity contribution in [3.8, 4) is 0 Å². The average Bonchev–Trinajstić information content (AvgIpc) is 2.87. The molecule has 2 aromatic heterocycles. The van der Waals surface area contributed by atoms with Crippen molar-refractivity contribution in [1.82, 2.24) is 20.2 Å². The molecule has 0 aliphatic rings. The van der Waals surface area contributed by atoms with Crippen molar-refractivity contribution < 1.29 is 0 Å². The number of rotatable bonds is 6. The molecule has 2 heterocycles. The third-order valence-corrected chi connectivity index (χ3v) is 2.88. The minimum Gasteiger partial charge on any atom is -0.356 e. The largest absolute Gasteiger partial charge is 0.356 e. The van der Waals surface area contributed by atoms with Gasteiger partial charge in [-0.1, -0.05) is 13.3 Å². The molecule has 2 aromatic rings. The Morgan fingerprint density at radius 1 is 1.39 bits per heavy atom. The summed E-state index contributed by atoms with van der Waals surface area (Å²) in [5.74, 6) is 6.66. The summed E-state index contributed by atoms with van der Waals surface area (Å²) in [6.45, 7) is 6.14. The molecule has 0 atom stereocenters. The lowest BCUT2D eigenvalue weighted by Gasteiger charge is -2.22. The summed E-state index contributed by atoms with van der Waals surface area (Å²) in [5.41, 5.74) is 3.18. The van der Waals surface area contributed by atoms with E-state index in [1.54, 1.807) is 6.20 Å². The van der Waals surface area contributed by atoms with E-state index in [0.29, 0.717) is 11.6 Å². The van der Waals surface area contributed by atoms with E-state index in [2.05, 4.69) is 44.3 Å². The smallest absolute Gasteiger partial charge is 0.241 e. The zero-order valence-electron chi connectivity index (χ0n) is 10.8. The lowest BCUT2D eigenvalue weighted by atomic mass is 10.3. The number of aromatic nitrogens is 4. The second kappa shape index (κ2) is 5.63. The van der Waals surface area contributed by atoms with Crippen LogP contribution < -0.4 is 16.2 Å². The zero-order valence-corrected chi connectivity index (χ0v) is 10.8. The monoisotopic (exact) mass is 249 g/mol. The summed E-state index contributed by atoms with van der Waals surface area (Å²) in [4.78, 5) is 10.9. The first-order valence-electron chi connectivity index (χ1n) is 6.22. The SMILES string of the molecule is CCCCN(CC)c1nc(NN)nc2[nH]ncc12. The molecule has 0 saturated heterocycles. The van der Waals surface area contributed by atoms with Crippen LogP contribution in [-0.2, 0) is 0 Å². The van der Waals surface area contributed by atoms with E-state index >= 15 is 0 Å². The molecule has 0 aliphatic heterocycles. The minimum absolute atomic E-state index is 0.400. The summed E-state index contributed by atoms with van der Waals surface area (Å²) in [6.07, 6.45) is 4.03. The van der Waals surface area contributed by atoms with Crippen LogP contribution in [0.15, 0.2) is 6.20 Å². The number of hydrogen-bond acceptors (Lipinski definition) is 6. The molecular weight excluding hydrogens is 230 g/mol.